The molecule has 2 aromatic heterocycles. The first kappa shape index (κ1) is 13.4. The van der Waals surface area contributed by atoms with Crippen molar-refractivity contribution in [3.8, 4) is 5.69 Å². The molecule has 4 aromatic rings. The number of hydrogen-bond acceptors (Lipinski definition) is 1. The number of nitrogens with zero attached hydrogens (tertiary/aromatic N) is 3. The molecule has 4 rings (SSSR count). The smallest absolute Gasteiger partial charge is 0.255 e. The van der Waals surface area contributed by atoms with E-state index in [2.05, 4.69) is 9.41 Å². The van der Waals surface area contributed by atoms with Gasteiger partial charge < -0.3 is 4.57 Å². The Morgan fingerprint density at radius 3 is 2.39 bits per heavy atom. The Morgan fingerprint density at radius 1 is 0.913 bits per heavy atom. The molecule has 0 aliphatic carbocycles. The predicted molar refractivity (Wildman–Crippen MR) is 92.3 cm³/mol. The number of hydrogen-bond donors (Lipinski definition) is 0. The molecule has 0 atom stereocenters. The molecule has 0 aliphatic heterocycles. The summed E-state index contributed by atoms with van der Waals surface area (Å²) < 4.78 is 3.81. The molecule has 0 aliphatic rings. The Hall–Kier alpha value is -3.32. The fourth-order valence-corrected chi connectivity index (χ4v) is 3.09. The van der Waals surface area contributed by atoms with Gasteiger partial charge in [0.1, 0.15) is 0 Å². The van der Waals surface area contributed by atoms with Crippen molar-refractivity contribution in [1.82, 2.24) is 9.13 Å². The van der Waals surface area contributed by atoms with Gasteiger partial charge in [0.2, 0.25) is 0 Å². The van der Waals surface area contributed by atoms with Crippen LogP contribution in [0.1, 0.15) is 0 Å². The Morgan fingerprint density at radius 2 is 1.65 bits per heavy atom. The fourth-order valence-electron chi connectivity index (χ4n) is 3.09. The first-order valence-electron chi connectivity index (χ1n) is 7.28. The Bertz CT molecular complexity index is 1140. The van der Waals surface area contributed by atoms with Crippen LogP contribution in [0.3, 0.4) is 0 Å². The molecule has 4 heteroatoms. The molecule has 0 radical (unpaired) electrons. The van der Waals surface area contributed by atoms with Crippen LogP contribution in [0.4, 0.5) is 5.69 Å². The highest BCUT2D eigenvalue weighted by molar-refractivity contribution is 6.06. The highest BCUT2D eigenvalue weighted by Gasteiger charge is 2.13. The summed E-state index contributed by atoms with van der Waals surface area (Å²) >= 11 is 0. The summed E-state index contributed by atoms with van der Waals surface area (Å²) in [4.78, 5) is 15.9. The van der Waals surface area contributed by atoms with Gasteiger partial charge in [-0.15, -0.1) is 0 Å². The fraction of sp³-hybridized carbons (Fsp3) is 0.0526. The lowest BCUT2D eigenvalue weighted by molar-refractivity contribution is 0.995. The van der Waals surface area contributed by atoms with Crippen LogP contribution in [0.15, 0.2) is 65.5 Å². The van der Waals surface area contributed by atoms with E-state index in [0.29, 0.717) is 5.69 Å². The van der Waals surface area contributed by atoms with Gasteiger partial charge >= 0.3 is 0 Å². The number of aromatic nitrogens is 2. The zero-order valence-electron chi connectivity index (χ0n) is 12.5. The van der Waals surface area contributed by atoms with E-state index in [4.69, 9.17) is 6.57 Å². The van der Waals surface area contributed by atoms with Crippen molar-refractivity contribution in [1.29, 1.82) is 0 Å². The van der Waals surface area contributed by atoms with Crippen LogP contribution in [0.2, 0.25) is 0 Å². The molecular weight excluding hydrogens is 286 g/mol. The van der Waals surface area contributed by atoms with Crippen LogP contribution in [-0.4, -0.2) is 9.13 Å². The molecule has 0 saturated heterocycles. The third-order valence-corrected chi connectivity index (χ3v) is 4.19. The van der Waals surface area contributed by atoms with Crippen LogP contribution in [0.5, 0.6) is 0 Å². The summed E-state index contributed by atoms with van der Waals surface area (Å²) in [5.41, 5.74) is 4.23. The van der Waals surface area contributed by atoms with Crippen LogP contribution in [0, 0.1) is 6.57 Å². The largest absolute Gasteiger partial charge is 0.342 e. The van der Waals surface area contributed by atoms with Crippen molar-refractivity contribution in [2.45, 2.75) is 0 Å². The molecule has 2 heterocycles. The van der Waals surface area contributed by atoms with E-state index in [9.17, 15) is 4.79 Å². The van der Waals surface area contributed by atoms with Gasteiger partial charge in [-0.05, 0) is 24.3 Å². The van der Waals surface area contributed by atoms with E-state index in [0.717, 1.165) is 27.6 Å². The number of fused-ring (bicyclic) bond motifs is 3. The van der Waals surface area contributed by atoms with E-state index in [1.165, 1.54) is 0 Å². The van der Waals surface area contributed by atoms with E-state index >= 15 is 0 Å². The maximum absolute atomic E-state index is 12.5. The van der Waals surface area contributed by atoms with E-state index in [1.54, 1.807) is 22.8 Å². The second kappa shape index (κ2) is 4.85. The number of benzene rings is 2. The zero-order valence-corrected chi connectivity index (χ0v) is 12.5. The quantitative estimate of drug-likeness (QED) is 0.488. The standard InChI is InChI=1S/C19H13N3O/c1-20-13-7-9-14(10-8-13)22-18(23)12-11-17-19(22)15-5-3-4-6-16(15)21(17)2/h3-12H,2H3. The normalized spacial score (nSPS) is 11.0. The maximum atomic E-state index is 12.5. The van der Waals surface area contributed by atoms with Crippen molar-refractivity contribution in [3.63, 3.8) is 0 Å². The summed E-state index contributed by atoms with van der Waals surface area (Å²) in [5.74, 6) is 0. The number of pyridine rings is 1. The van der Waals surface area contributed by atoms with Crippen LogP contribution in [-0.2, 0) is 7.05 Å². The monoisotopic (exact) mass is 299 g/mol. The second-order valence-corrected chi connectivity index (χ2v) is 5.45. The minimum atomic E-state index is -0.0792. The zero-order chi connectivity index (χ0) is 16.0. The molecule has 0 unspecified atom stereocenters. The van der Waals surface area contributed by atoms with Gasteiger partial charge in [0.05, 0.1) is 23.1 Å². The first-order valence-corrected chi connectivity index (χ1v) is 7.28. The average molecular weight is 299 g/mol. The molecule has 0 bridgehead atoms. The minimum absolute atomic E-state index is 0.0792. The van der Waals surface area contributed by atoms with Gasteiger partial charge in [-0.3, -0.25) is 9.36 Å². The number of para-hydroxylation sites is 1. The molecular formula is C19H13N3O. The summed E-state index contributed by atoms with van der Waals surface area (Å²) in [6.07, 6.45) is 0. The lowest BCUT2D eigenvalue weighted by Crippen LogP contribution is -2.17. The molecule has 110 valence electrons. The summed E-state index contributed by atoms with van der Waals surface area (Å²) in [7, 11) is 2.00. The van der Waals surface area contributed by atoms with Gasteiger partial charge in [0.15, 0.2) is 5.69 Å². The van der Waals surface area contributed by atoms with Crippen molar-refractivity contribution in [3.05, 3.63) is 82.4 Å². The van der Waals surface area contributed by atoms with Crippen LogP contribution in [0.25, 0.3) is 32.5 Å². The average Bonchev–Trinajstić information content (AvgIpc) is 2.88. The number of rotatable bonds is 1. The van der Waals surface area contributed by atoms with Crippen molar-refractivity contribution in [2.75, 3.05) is 0 Å². The minimum Gasteiger partial charge on any atom is -0.342 e. The van der Waals surface area contributed by atoms with Gasteiger partial charge in [-0.1, -0.05) is 30.3 Å². The summed E-state index contributed by atoms with van der Waals surface area (Å²) in [5, 5.41) is 1.04. The lowest BCUT2D eigenvalue weighted by Gasteiger charge is -2.08. The molecule has 0 fully saturated rings. The highest BCUT2D eigenvalue weighted by atomic mass is 16.1. The van der Waals surface area contributed by atoms with Gasteiger partial charge in [0.25, 0.3) is 5.56 Å². The molecule has 0 N–H and O–H groups in total. The molecule has 0 saturated carbocycles. The van der Waals surface area contributed by atoms with Crippen molar-refractivity contribution in [2.24, 2.45) is 7.05 Å². The van der Waals surface area contributed by atoms with Crippen molar-refractivity contribution < 1.29 is 0 Å². The Labute approximate surface area is 132 Å². The molecule has 0 amide bonds. The summed E-state index contributed by atoms with van der Waals surface area (Å²) in [6, 6.07) is 18.6. The SMILES string of the molecule is [C-]#[N+]c1ccc(-n2c(=O)ccc3c2c2ccccc2n3C)cc1. The van der Waals surface area contributed by atoms with Crippen LogP contribution >= 0.6 is 0 Å². The second-order valence-electron chi connectivity index (χ2n) is 5.45. The Balaban J connectivity index is 2.17. The van der Waals surface area contributed by atoms with E-state index < -0.39 is 0 Å². The highest BCUT2D eigenvalue weighted by Crippen LogP contribution is 2.28. The predicted octanol–water partition coefficient (Wildman–Crippen LogP) is 4.03. The maximum Gasteiger partial charge on any atom is 0.255 e. The summed E-state index contributed by atoms with van der Waals surface area (Å²) in [6.45, 7) is 7.06. The van der Waals surface area contributed by atoms with Gasteiger partial charge in [-0.2, -0.15) is 0 Å². The van der Waals surface area contributed by atoms with Gasteiger partial charge in [0, 0.05) is 24.2 Å². The molecule has 23 heavy (non-hydrogen) atoms. The first-order chi connectivity index (χ1) is 11.2. The topological polar surface area (TPSA) is 31.3 Å². The van der Waals surface area contributed by atoms with Crippen molar-refractivity contribution >= 4 is 27.6 Å². The van der Waals surface area contributed by atoms with Crippen LogP contribution < -0.4 is 5.56 Å². The molecule has 2 aromatic carbocycles. The number of aryl methyl sites for hydroxylation is 1. The van der Waals surface area contributed by atoms with E-state index in [-0.39, 0.29) is 5.56 Å². The third kappa shape index (κ3) is 1.87. The third-order valence-electron chi connectivity index (χ3n) is 4.19. The molecule has 4 nitrogen and oxygen atoms in total. The molecule has 0 spiro atoms. The van der Waals surface area contributed by atoms with E-state index in [1.807, 2.05) is 49.5 Å². The lowest BCUT2D eigenvalue weighted by atomic mass is 10.2. The Kier molecular flexibility index (Phi) is 2.82. The van der Waals surface area contributed by atoms with Gasteiger partial charge in [-0.25, -0.2) is 4.85 Å².